The summed E-state index contributed by atoms with van der Waals surface area (Å²) in [6.07, 6.45) is 36.1. The highest BCUT2D eigenvalue weighted by molar-refractivity contribution is 5.80. The molecule has 0 heterocycles. The first kappa shape index (κ1) is 41.1. The smallest absolute Gasteiger partial charge is 0.322 e. The monoisotopic (exact) mass is 608 g/mol. The van der Waals surface area contributed by atoms with Gasteiger partial charge in [-0.1, -0.05) is 129 Å². The van der Waals surface area contributed by atoms with Crippen LogP contribution in [0.25, 0.3) is 0 Å². The molecule has 0 aliphatic carbocycles. The average molecular weight is 608 g/mol. The van der Waals surface area contributed by atoms with Gasteiger partial charge in [0.25, 0.3) is 0 Å². The van der Waals surface area contributed by atoms with Crippen molar-refractivity contribution in [3.05, 3.63) is 12.2 Å². The number of allylic oxidation sites excluding steroid dienone is 2. The van der Waals surface area contributed by atoms with Crippen LogP contribution in [0.4, 0.5) is 0 Å². The molecule has 0 aromatic rings. The van der Waals surface area contributed by atoms with E-state index >= 15 is 0 Å². The summed E-state index contributed by atoms with van der Waals surface area (Å²) in [5, 5.41) is 11.0. The van der Waals surface area contributed by atoms with Gasteiger partial charge in [0.2, 0.25) is 5.91 Å². The lowest BCUT2D eigenvalue weighted by atomic mass is 10.0. The number of carboxylic acids is 1. The fraction of sp³-hybridized carbons (Fsp3) is 0.865. The van der Waals surface area contributed by atoms with Gasteiger partial charge >= 0.3 is 11.9 Å². The number of unbranched alkanes of at least 4 members (excludes halogenated alkanes) is 20. The molecule has 0 spiro atoms. The maximum Gasteiger partial charge on any atom is 0.322 e. The normalized spacial score (nSPS) is 12.0. The van der Waals surface area contributed by atoms with Crippen molar-refractivity contribution >= 4 is 17.8 Å². The van der Waals surface area contributed by atoms with Crippen molar-refractivity contribution < 1.29 is 24.2 Å². The highest BCUT2D eigenvalue weighted by atomic mass is 16.5. The first-order valence-corrected chi connectivity index (χ1v) is 18.3. The number of carbonyl (C=O) groups is 3. The van der Waals surface area contributed by atoms with E-state index in [9.17, 15) is 14.4 Å². The van der Waals surface area contributed by atoms with Crippen molar-refractivity contribution in [3.8, 4) is 0 Å². The second-order valence-electron chi connectivity index (χ2n) is 12.5. The topological polar surface area (TPSA) is 92.7 Å². The maximum atomic E-state index is 12.6. The van der Waals surface area contributed by atoms with Gasteiger partial charge in [-0.3, -0.25) is 14.4 Å². The molecule has 6 heteroatoms. The van der Waals surface area contributed by atoms with Gasteiger partial charge in [-0.2, -0.15) is 0 Å². The van der Waals surface area contributed by atoms with Gasteiger partial charge in [-0.15, -0.1) is 0 Å². The first-order chi connectivity index (χ1) is 21.0. The SMILES string of the molecule is CCCCCC/C=C\CCCCCCCC(=O)OC(CCCCCCCCCC)CCCCCCCC(=O)NCC(=O)O. The molecule has 0 aliphatic rings. The lowest BCUT2D eigenvalue weighted by Gasteiger charge is -2.18. The van der Waals surface area contributed by atoms with E-state index in [2.05, 4.69) is 31.3 Å². The molecule has 252 valence electrons. The van der Waals surface area contributed by atoms with Gasteiger partial charge in [0.1, 0.15) is 12.6 Å². The Labute approximate surface area is 265 Å². The number of hydrogen-bond donors (Lipinski definition) is 2. The van der Waals surface area contributed by atoms with Crippen LogP contribution in [0.2, 0.25) is 0 Å². The Balaban J connectivity index is 4.12. The molecule has 2 N–H and O–H groups in total. The van der Waals surface area contributed by atoms with Gasteiger partial charge in [0.05, 0.1) is 0 Å². The molecule has 0 saturated heterocycles. The Morgan fingerprint density at radius 2 is 1.00 bits per heavy atom. The van der Waals surface area contributed by atoms with Crippen LogP contribution < -0.4 is 5.32 Å². The van der Waals surface area contributed by atoms with Gasteiger partial charge in [0.15, 0.2) is 0 Å². The van der Waals surface area contributed by atoms with Crippen molar-refractivity contribution in [2.24, 2.45) is 0 Å². The Kier molecular flexibility index (Phi) is 31.6. The van der Waals surface area contributed by atoms with Crippen LogP contribution >= 0.6 is 0 Å². The number of aliphatic carboxylic acids is 1. The van der Waals surface area contributed by atoms with E-state index in [1.165, 1.54) is 103 Å². The number of rotatable bonds is 33. The highest BCUT2D eigenvalue weighted by Gasteiger charge is 2.14. The van der Waals surface area contributed by atoms with Crippen LogP contribution in [0, 0.1) is 0 Å². The van der Waals surface area contributed by atoms with Gasteiger partial charge in [-0.05, 0) is 64.2 Å². The zero-order valence-electron chi connectivity index (χ0n) is 28.3. The van der Waals surface area contributed by atoms with E-state index in [0.717, 1.165) is 64.2 Å². The summed E-state index contributed by atoms with van der Waals surface area (Å²) >= 11 is 0. The molecule has 1 atom stereocenters. The largest absolute Gasteiger partial charge is 0.480 e. The molecule has 0 radical (unpaired) electrons. The van der Waals surface area contributed by atoms with Crippen LogP contribution in [0.5, 0.6) is 0 Å². The molecular formula is C37H69NO5. The molecule has 6 nitrogen and oxygen atoms in total. The van der Waals surface area contributed by atoms with Crippen LogP contribution in [0.3, 0.4) is 0 Å². The van der Waals surface area contributed by atoms with E-state index in [1.807, 2.05) is 0 Å². The molecule has 0 fully saturated rings. The quantitative estimate of drug-likeness (QED) is 0.0440. The molecule has 1 unspecified atom stereocenters. The van der Waals surface area contributed by atoms with Crippen LogP contribution in [0.1, 0.15) is 194 Å². The number of amides is 1. The molecule has 0 aromatic carbocycles. The Morgan fingerprint density at radius 1 is 0.581 bits per heavy atom. The van der Waals surface area contributed by atoms with Crippen LogP contribution in [-0.4, -0.2) is 35.6 Å². The second kappa shape index (κ2) is 33.1. The summed E-state index contributed by atoms with van der Waals surface area (Å²) in [4.78, 5) is 34.8. The third-order valence-electron chi connectivity index (χ3n) is 8.19. The summed E-state index contributed by atoms with van der Waals surface area (Å²) in [5.74, 6) is -1.24. The van der Waals surface area contributed by atoms with E-state index in [0.29, 0.717) is 12.8 Å². The van der Waals surface area contributed by atoms with E-state index in [4.69, 9.17) is 9.84 Å². The number of hydrogen-bond acceptors (Lipinski definition) is 4. The van der Waals surface area contributed by atoms with Crippen LogP contribution in [-0.2, 0) is 19.1 Å². The summed E-state index contributed by atoms with van der Waals surface area (Å²) in [7, 11) is 0. The lowest BCUT2D eigenvalue weighted by Crippen LogP contribution is -2.28. The average Bonchev–Trinajstić information content (AvgIpc) is 2.99. The summed E-state index contributed by atoms with van der Waals surface area (Å²) in [6, 6.07) is 0. The molecule has 1 amide bonds. The Hall–Kier alpha value is -1.85. The Morgan fingerprint density at radius 3 is 1.51 bits per heavy atom. The van der Waals surface area contributed by atoms with Crippen molar-refractivity contribution in [2.45, 2.75) is 200 Å². The Bertz CT molecular complexity index is 678. The number of esters is 1. The summed E-state index contributed by atoms with van der Waals surface area (Å²) < 4.78 is 5.97. The van der Waals surface area contributed by atoms with E-state index in [-0.39, 0.29) is 24.5 Å². The number of carboxylic acid groups (broad SMARTS) is 1. The van der Waals surface area contributed by atoms with Gasteiger partial charge in [-0.25, -0.2) is 0 Å². The van der Waals surface area contributed by atoms with Gasteiger partial charge < -0.3 is 15.2 Å². The fourth-order valence-electron chi connectivity index (χ4n) is 5.45. The third kappa shape index (κ3) is 32.9. The molecule has 0 rings (SSSR count). The summed E-state index contributed by atoms with van der Waals surface area (Å²) in [5.41, 5.74) is 0. The van der Waals surface area contributed by atoms with E-state index in [1.54, 1.807) is 0 Å². The molecule has 0 saturated carbocycles. The third-order valence-corrected chi connectivity index (χ3v) is 8.19. The minimum Gasteiger partial charge on any atom is -0.480 e. The number of nitrogens with one attached hydrogen (secondary N) is 1. The standard InChI is InChI=1S/C37H69NO5/c1-3-5-7-9-11-13-14-15-16-17-19-24-28-32-37(42)43-34(29-25-21-18-12-10-8-6-4-2)30-26-22-20-23-27-31-35(39)38-33-36(40)41/h13-14,34H,3-12,15-33H2,1-2H3,(H,38,39)(H,40,41)/b14-13-. The fourth-order valence-corrected chi connectivity index (χ4v) is 5.45. The molecule has 0 aliphatic heterocycles. The number of ether oxygens (including phenoxy) is 1. The molecule has 43 heavy (non-hydrogen) atoms. The summed E-state index contributed by atoms with van der Waals surface area (Å²) in [6.45, 7) is 4.19. The molecule has 0 aromatic heterocycles. The van der Waals surface area contributed by atoms with Crippen molar-refractivity contribution in [3.63, 3.8) is 0 Å². The van der Waals surface area contributed by atoms with Crippen molar-refractivity contribution in [1.82, 2.24) is 5.32 Å². The highest BCUT2D eigenvalue weighted by Crippen LogP contribution is 2.18. The molecular weight excluding hydrogens is 538 g/mol. The molecule has 0 bridgehead atoms. The van der Waals surface area contributed by atoms with Gasteiger partial charge in [0, 0.05) is 12.8 Å². The van der Waals surface area contributed by atoms with Crippen molar-refractivity contribution in [2.75, 3.05) is 6.54 Å². The predicted octanol–water partition coefficient (Wildman–Crippen LogP) is 10.6. The maximum absolute atomic E-state index is 12.6. The zero-order valence-corrected chi connectivity index (χ0v) is 28.3. The number of carbonyl (C=O) groups excluding carboxylic acids is 2. The van der Waals surface area contributed by atoms with E-state index < -0.39 is 5.97 Å². The first-order valence-electron chi connectivity index (χ1n) is 18.3. The minimum atomic E-state index is -1.02. The van der Waals surface area contributed by atoms with Crippen LogP contribution in [0.15, 0.2) is 12.2 Å². The predicted molar refractivity (Wildman–Crippen MR) is 180 cm³/mol. The zero-order chi connectivity index (χ0) is 31.6. The lowest BCUT2D eigenvalue weighted by molar-refractivity contribution is -0.150. The minimum absolute atomic E-state index is 0.0251. The van der Waals surface area contributed by atoms with Crippen molar-refractivity contribution in [1.29, 1.82) is 0 Å². The second-order valence-corrected chi connectivity index (χ2v) is 12.5.